The number of carbonyl (C=O) groups is 2. The molecule has 0 unspecified atom stereocenters. The van der Waals surface area contributed by atoms with Crippen molar-refractivity contribution in [3.8, 4) is 0 Å². The summed E-state index contributed by atoms with van der Waals surface area (Å²) in [4.78, 5) is 24.1. The van der Waals surface area contributed by atoms with Gasteiger partial charge in [-0.1, -0.05) is 23.8 Å². The van der Waals surface area contributed by atoms with Gasteiger partial charge in [-0.2, -0.15) is 0 Å². The zero-order chi connectivity index (χ0) is 15.4. The molecule has 0 aromatic heterocycles. The highest BCUT2D eigenvalue weighted by Gasteiger charge is 2.16. The summed E-state index contributed by atoms with van der Waals surface area (Å²) in [6.45, 7) is 1.87. The van der Waals surface area contributed by atoms with Gasteiger partial charge in [-0.05, 0) is 47.1 Å². The molecule has 4 nitrogen and oxygen atoms in total. The number of aryl methyl sites for hydroxylation is 1. The van der Waals surface area contributed by atoms with E-state index in [1.54, 1.807) is 30.3 Å². The predicted molar refractivity (Wildman–Crippen MR) is 84.6 cm³/mol. The van der Waals surface area contributed by atoms with Crippen LogP contribution < -0.4 is 5.32 Å². The number of esters is 1. The van der Waals surface area contributed by atoms with Gasteiger partial charge in [0.05, 0.1) is 23.9 Å². The Labute approximate surface area is 131 Å². The lowest BCUT2D eigenvalue weighted by Gasteiger charge is -2.11. The van der Waals surface area contributed by atoms with Gasteiger partial charge >= 0.3 is 5.97 Å². The topological polar surface area (TPSA) is 55.4 Å². The second kappa shape index (κ2) is 6.54. The summed E-state index contributed by atoms with van der Waals surface area (Å²) in [6, 6.07) is 12.3. The standard InChI is InChI=1S/C16H14BrNO3/c1-10-7-8-14(12(9-10)16(20)21-2)18-15(19)11-5-3-4-6-13(11)17/h3-9H,1-2H3,(H,18,19). The van der Waals surface area contributed by atoms with Crippen LogP contribution in [-0.4, -0.2) is 19.0 Å². The minimum atomic E-state index is -0.485. The van der Waals surface area contributed by atoms with E-state index >= 15 is 0 Å². The Morgan fingerprint density at radius 2 is 1.81 bits per heavy atom. The van der Waals surface area contributed by atoms with Crippen LogP contribution in [0.15, 0.2) is 46.9 Å². The van der Waals surface area contributed by atoms with Crippen LogP contribution in [0, 0.1) is 6.92 Å². The molecular formula is C16H14BrNO3. The van der Waals surface area contributed by atoms with E-state index in [0.717, 1.165) is 5.56 Å². The second-order valence-electron chi connectivity index (χ2n) is 4.47. The predicted octanol–water partition coefficient (Wildman–Crippen LogP) is 3.80. The maximum Gasteiger partial charge on any atom is 0.339 e. The van der Waals surface area contributed by atoms with Gasteiger partial charge in [-0.25, -0.2) is 4.79 Å². The summed E-state index contributed by atoms with van der Waals surface area (Å²) in [7, 11) is 1.31. The van der Waals surface area contributed by atoms with Crippen LogP contribution in [0.4, 0.5) is 5.69 Å². The molecule has 0 atom stereocenters. The lowest BCUT2D eigenvalue weighted by atomic mass is 10.1. The van der Waals surface area contributed by atoms with Gasteiger partial charge in [0.2, 0.25) is 0 Å². The molecule has 0 saturated heterocycles. The third-order valence-electron chi connectivity index (χ3n) is 2.95. The van der Waals surface area contributed by atoms with E-state index in [-0.39, 0.29) is 5.91 Å². The molecule has 108 valence electrons. The van der Waals surface area contributed by atoms with Crippen molar-refractivity contribution < 1.29 is 14.3 Å². The zero-order valence-electron chi connectivity index (χ0n) is 11.6. The monoisotopic (exact) mass is 347 g/mol. The third-order valence-corrected chi connectivity index (χ3v) is 3.64. The van der Waals surface area contributed by atoms with Crippen molar-refractivity contribution in [2.24, 2.45) is 0 Å². The number of halogens is 1. The first-order valence-corrected chi connectivity index (χ1v) is 7.07. The average Bonchev–Trinajstić information content (AvgIpc) is 2.48. The molecule has 0 aliphatic carbocycles. The molecular weight excluding hydrogens is 334 g/mol. The number of nitrogens with one attached hydrogen (secondary N) is 1. The van der Waals surface area contributed by atoms with Crippen molar-refractivity contribution >= 4 is 33.5 Å². The zero-order valence-corrected chi connectivity index (χ0v) is 13.2. The lowest BCUT2D eigenvalue weighted by Crippen LogP contribution is -2.16. The second-order valence-corrected chi connectivity index (χ2v) is 5.33. The number of methoxy groups -OCH3 is 1. The van der Waals surface area contributed by atoms with E-state index < -0.39 is 5.97 Å². The van der Waals surface area contributed by atoms with Crippen molar-refractivity contribution in [2.45, 2.75) is 6.92 Å². The first-order valence-electron chi connectivity index (χ1n) is 6.27. The summed E-state index contributed by atoms with van der Waals surface area (Å²) < 4.78 is 5.43. The van der Waals surface area contributed by atoms with Crippen LogP contribution in [0.2, 0.25) is 0 Å². The third kappa shape index (κ3) is 3.49. The van der Waals surface area contributed by atoms with Crippen LogP contribution in [-0.2, 0) is 4.74 Å². The van der Waals surface area contributed by atoms with Gasteiger partial charge in [0.25, 0.3) is 5.91 Å². The van der Waals surface area contributed by atoms with Crippen LogP contribution in [0.5, 0.6) is 0 Å². The molecule has 21 heavy (non-hydrogen) atoms. The van der Waals surface area contributed by atoms with E-state index in [2.05, 4.69) is 21.2 Å². The van der Waals surface area contributed by atoms with Gasteiger partial charge in [0, 0.05) is 4.47 Å². The van der Waals surface area contributed by atoms with Crippen molar-refractivity contribution in [3.05, 3.63) is 63.6 Å². The van der Waals surface area contributed by atoms with E-state index in [9.17, 15) is 9.59 Å². The molecule has 0 bridgehead atoms. The van der Waals surface area contributed by atoms with Crippen molar-refractivity contribution in [1.29, 1.82) is 0 Å². The molecule has 0 radical (unpaired) electrons. The molecule has 2 aromatic carbocycles. The van der Waals surface area contributed by atoms with Crippen LogP contribution in [0.25, 0.3) is 0 Å². The molecule has 2 rings (SSSR count). The summed E-state index contributed by atoms with van der Waals surface area (Å²) in [5.74, 6) is -0.780. The normalized spacial score (nSPS) is 10.0. The summed E-state index contributed by atoms with van der Waals surface area (Å²) in [5, 5.41) is 2.74. The first kappa shape index (κ1) is 15.3. The number of carbonyl (C=O) groups excluding carboxylic acids is 2. The Kier molecular flexibility index (Phi) is 4.75. The van der Waals surface area contributed by atoms with Crippen LogP contribution in [0.3, 0.4) is 0 Å². The summed E-state index contributed by atoms with van der Waals surface area (Å²) >= 11 is 3.33. The molecule has 0 spiro atoms. The van der Waals surface area contributed by atoms with Gasteiger partial charge in [0.1, 0.15) is 0 Å². The molecule has 0 aliphatic rings. The van der Waals surface area contributed by atoms with Crippen LogP contribution >= 0.6 is 15.9 Å². The smallest absolute Gasteiger partial charge is 0.339 e. The van der Waals surface area contributed by atoms with Gasteiger partial charge in [-0.3, -0.25) is 4.79 Å². The van der Waals surface area contributed by atoms with Crippen molar-refractivity contribution in [1.82, 2.24) is 0 Å². The Balaban J connectivity index is 2.34. The Hall–Kier alpha value is -2.14. The largest absolute Gasteiger partial charge is 0.465 e. The number of benzene rings is 2. The molecule has 0 fully saturated rings. The van der Waals surface area contributed by atoms with Crippen LogP contribution in [0.1, 0.15) is 26.3 Å². The molecule has 0 aliphatic heterocycles. The fourth-order valence-electron chi connectivity index (χ4n) is 1.88. The number of ether oxygens (including phenoxy) is 1. The van der Waals surface area contributed by atoms with Gasteiger partial charge in [0.15, 0.2) is 0 Å². The Morgan fingerprint density at radius 1 is 1.10 bits per heavy atom. The summed E-state index contributed by atoms with van der Waals surface area (Å²) in [5.41, 5.74) is 2.16. The number of hydrogen-bond acceptors (Lipinski definition) is 3. The van der Waals surface area contributed by atoms with E-state index in [0.29, 0.717) is 21.3 Å². The highest BCUT2D eigenvalue weighted by atomic mass is 79.9. The quantitative estimate of drug-likeness (QED) is 0.859. The first-order chi connectivity index (χ1) is 10.0. The molecule has 1 amide bonds. The number of rotatable bonds is 3. The average molecular weight is 348 g/mol. The minimum Gasteiger partial charge on any atom is -0.465 e. The lowest BCUT2D eigenvalue weighted by molar-refractivity contribution is 0.0602. The number of anilines is 1. The summed E-state index contributed by atoms with van der Waals surface area (Å²) in [6.07, 6.45) is 0. The number of amides is 1. The Morgan fingerprint density at radius 3 is 2.48 bits per heavy atom. The fraction of sp³-hybridized carbons (Fsp3) is 0.125. The van der Waals surface area contributed by atoms with E-state index in [1.165, 1.54) is 7.11 Å². The van der Waals surface area contributed by atoms with Gasteiger partial charge in [-0.15, -0.1) is 0 Å². The van der Waals surface area contributed by atoms with E-state index in [4.69, 9.17) is 4.74 Å². The highest BCUT2D eigenvalue weighted by molar-refractivity contribution is 9.10. The van der Waals surface area contributed by atoms with E-state index in [1.807, 2.05) is 19.1 Å². The molecule has 1 N–H and O–H groups in total. The molecule has 2 aromatic rings. The molecule has 5 heteroatoms. The maximum atomic E-state index is 12.3. The molecule has 0 heterocycles. The Bertz CT molecular complexity index is 698. The van der Waals surface area contributed by atoms with Crippen molar-refractivity contribution in [2.75, 3.05) is 12.4 Å². The number of hydrogen-bond donors (Lipinski definition) is 1. The highest BCUT2D eigenvalue weighted by Crippen LogP contribution is 2.21. The molecule has 0 saturated carbocycles. The minimum absolute atomic E-state index is 0.295. The van der Waals surface area contributed by atoms with Crippen molar-refractivity contribution in [3.63, 3.8) is 0 Å². The maximum absolute atomic E-state index is 12.3. The SMILES string of the molecule is COC(=O)c1cc(C)ccc1NC(=O)c1ccccc1Br. The van der Waals surface area contributed by atoms with Gasteiger partial charge < -0.3 is 10.1 Å². The fourth-order valence-corrected chi connectivity index (χ4v) is 2.35.